The quantitative estimate of drug-likeness (QED) is 0.631. The van der Waals surface area contributed by atoms with Gasteiger partial charge >= 0.3 is 5.97 Å². The SMILES string of the molecule is CC.CC.Cc1cc(=O)n(-c2cccc(C(=O)O)c2)cc1-c1ccc(F)cc1. The first-order valence-corrected chi connectivity index (χ1v) is 9.29. The van der Waals surface area contributed by atoms with Crippen molar-refractivity contribution in [2.75, 3.05) is 0 Å². The second-order valence-electron chi connectivity index (χ2n) is 5.44. The summed E-state index contributed by atoms with van der Waals surface area (Å²) in [6, 6.07) is 13.6. The molecule has 3 aromatic rings. The van der Waals surface area contributed by atoms with E-state index in [1.165, 1.54) is 34.9 Å². The molecule has 0 amide bonds. The maximum Gasteiger partial charge on any atom is 0.335 e. The number of halogens is 1. The van der Waals surface area contributed by atoms with E-state index in [0.717, 1.165) is 16.7 Å². The summed E-state index contributed by atoms with van der Waals surface area (Å²) in [5.74, 6) is -1.39. The molecular formula is C23H26FNO3. The zero-order valence-corrected chi connectivity index (χ0v) is 16.9. The Balaban J connectivity index is 0.000000921. The van der Waals surface area contributed by atoms with Gasteiger partial charge in [-0.2, -0.15) is 0 Å². The summed E-state index contributed by atoms with van der Waals surface area (Å²) in [7, 11) is 0. The van der Waals surface area contributed by atoms with Gasteiger partial charge in [-0.1, -0.05) is 45.9 Å². The summed E-state index contributed by atoms with van der Waals surface area (Å²) in [5, 5.41) is 9.11. The molecule has 0 spiro atoms. The number of carboxylic acids is 1. The first kappa shape index (κ1) is 22.8. The van der Waals surface area contributed by atoms with E-state index in [0.29, 0.717) is 5.69 Å². The van der Waals surface area contributed by atoms with Crippen LogP contribution in [0.4, 0.5) is 4.39 Å². The Morgan fingerprint density at radius 3 is 2.14 bits per heavy atom. The molecule has 0 saturated heterocycles. The molecule has 3 rings (SSSR count). The predicted octanol–water partition coefficient (Wildman–Crippen LogP) is 5.70. The summed E-state index contributed by atoms with van der Waals surface area (Å²) in [6.07, 6.45) is 1.64. The monoisotopic (exact) mass is 383 g/mol. The molecule has 0 unspecified atom stereocenters. The van der Waals surface area contributed by atoms with Crippen molar-refractivity contribution in [1.29, 1.82) is 0 Å². The van der Waals surface area contributed by atoms with E-state index in [9.17, 15) is 14.0 Å². The number of benzene rings is 2. The minimum atomic E-state index is -1.06. The Hall–Kier alpha value is -3.21. The van der Waals surface area contributed by atoms with Crippen LogP contribution in [0.15, 0.2) is 65.6 Å². The van der Waals surface area contributed by atoms with Crippen LogP contribution in [0.1, 0.15) is 43.6 Å². The Bertz CT molecular complexity index is 976. The van der Waals surface area contributed by atoms with Crippen molar-refractivity contribution in [3.8, 4) is 16.8 Å². The number of pyridine rings is 1. The molecule has 0 atom stereocenters. The molecule has 1 N–H and O–H groups in total. The number of rotatable bonds is 3. The van der Waals surface area contributed by atoms with Gasteiger partial charge in [0.15, 0.2) is 0 Å². The number of carboxylic acid groups (broad SMARTS) is 1. The van der Waals surface area contributed by atoms with Gasteiger partial charge in [0, 0.05) is 23.5 Å². The maximum absolute atomic E-state index is 13.1. The number of aromatic carboxylic acids is 1. The number of hydrogen-bond donors (Lipinski definition) is 1. The van der Waals surface area contributed by atoms with Gasteiger partial charge < -0.3 is 5.11 Å². The molecule has 0 saturated carbocycles. The molecule has 0 bridgehead atoms. The fraction of sp³-hybridized carbons (Fsp3) is 0.217. The lowest BCUT2D eigenvalue weighted by molar-refractivity contribution is 0.0697. The van der Waals surface area contributed by atoms with E-state index in [2.05, 4.69) is 0 Å². The number of nitrogens with zero attached hydrogens (tertiary/aromatic N) is 1. The fourth-order valence-electron chi connectivity index (χ4n) is 2.55. The van der Waals surface area contributed by atoms with Gasteiger partial charge in [0.1, 0.15) is 5.82 Å². The van der Waals surface area contributed by atoms with Crippen molar-refractivity contribution in [3.63, 3.8) is 0 Å². The van der Waals surface area contributed by atoms with Crippen molar-refractivity contribution >= 4 is 5.97 Å². The summed E-state index contributed by atoms with van der Waals surface area (Å²) >= 11 is 0. The molecule has 0 aliphatic carbocycles. The number of aromatic nitrogens is 1. The lowest BCUT2D eigenvalue weighted by Crippen LogP contribution is -2.18. The van der Waals surface area contributed by atoms with Crippen molar-refractivity contribution in [1.82, 2.24) is 4.57 Å². The number of hydrogen-bond acceptors (Lipinski definition) is 2. The van der Waals surface area contributed by atoms with Crippen LogP contribution in [0, 0.1) is 12.7 Å². The largest absolute Gasteiger partial charge is 0.478 e. The van der Waals surface area contributed by atoms with E-state index >= 15 is 0 Å². The molecule has 1 aromatic heterocycles. The first-order chi connectivity index (χ1) is 13.5. The molecule has 148 valence electrons. The van der Waals surface area contributed by atoms with Crippen LogP contribution in [0.3, 0.4) is 0 Å². The molecule has 0 fully saturated rings. The van der Waals surface area contributed by atoms with Crippen LogP contribution in [-0.2, 0) is 0 Å². The van der Waals surface area contributed by atoms with Crippen LogP contribution < -0.4 is 5.56 Å². The second kappa shape index (κ2) is 10.8. The number of aryl methyl sites for hydroxylation is 1. The lowest BCUT2D eigenvalue weighted by Gasteiger charge is -2.12. The summed E-state index contributed by atoms with van der Waals surface area (Å²) < 4.78 is 14.5. The molecule has 1 heterocycles. The van der Waals surface area contributed by atoms with E-state index in [1.807, 2.05) is 27.7 Å². The predicted molar refractivity (Wildman–Crippen MR) is 112 cm³/mol. The highest BCUT2D eigenvalue weighted by Gasteiger charge is 2.10. The molecule has 0 aliphatic rings. The molecule has 5 heteroatoms. The zero-order chi connectivity index (χ0) is 21.3. The lowest BCUT2D eigenvalue weighted by atomic mass is 10.0. The van der Waals surface area contributed by atoms with Crippen molar-refractivity contribution < 1.29 is 14.3 Å². The van der Waals surface area contributed by atoms with Crippen LogP contribution in [0.25, 0.3) is 16.8 Å². The van der Waals surface area contributed by atoms with E-state index in [-0.39, 0.29) is 16.9 Å². The molecule has 4 nitrogen and oxygen atoms in total. The van der Waals surface area contributed by atoms with Crippen LogP contribution in [0.5, 0.6) is 0 Å². The molecule has 0 aliphatic heterocycles. The minimum absolute atomic E-state index is 0.100. The zero-order valence-electron chi connectivity index (χ0n) is 16.9. The average molecular weight is 383 g/mol. The summed E-state index contributed by atoms with van der Waals surface area (Å²) in [4.78, 5) is 23.4. The normalized spacial score (nSPS) is 9.50. The second-order valence-corrected chi connectivity index (χ2v) is 5.44. The van der Waals surface area contributed by atoms with Crippen molar-refractivity contribution in [3.05, 3.63) is 88.1 Å². The summed E-state index contributed by atoms with van der Waals surface area (Å²) in [6.45, 7) is 9.80. The third-order valence-corrected chi connectivity index (χ3v) is 3.79. The topological polar surface area (TPSA) is 59.3 Å². The first-order valence-electron chi connectivity index (χ1n) is 9.29. The standard InChI is InChI=1S/C19H14FNO3.2C2H6/c1-12-9-18(22)21(16-4-2-3-14(10-16)19(23)24)11-17(12)13-5-7-15(20)8-6-13;2*1-2/h2-11H,1H3,(H,23,24);2*1-2H3. The van der Waals surface area contributed by atoms with Gasteiger partial charge in [-0.25, -0.2) is 9.18 Å². The molecule has 0 radical (unpaired) electrons. The highest BCUT2D eigenvalue weighted by Crippen LogP contribution is 2.23. The molecular weight excluding hydrogens is 357 g/mol. The van der Waals surface area contributed by atoms with Crippen molar-refractivity contribution in [2.45, 2.75) is 34.6 Å². The van der Waals surface area contributed by atoms with Gasteiger partial charge in [-0.05, 0) is 48.4 Å². The Labute approximate surface area is 164 Å². The van der Waals surface area contributed by atoms with E-state index < -0.39 is 5.97 Å². The smallest absolute Gasteiger partial charge is 0.335 e. The fourth-order valence-corrected chi connectivity index (χ4v) is 2.55. The van der Waals surface area contributed by atoms with Crippen LogP contribution in [-0.4, -0.2) is 15.6 Å². The average Bonchev–Trinajstić information content (AvgIpc) is 2.72. The van der Waals surface area contributed by atoms with Crippen LogP contribution in [0.2, 0.25) is 0 Å². The number of carbonyl (C=O) groups is 1. The minimum Gasteiger partial charge on any atom is -0.478 e. The van der Waals surface area contributed by atoms with Gasteiger partial charge in [-0.15, -0.1) is 0 Å². The third-order valence-electron chi connectivity index (χ3n) is 3.79. The third kappa shape index (κ3) is 5.39. The summed E-state index contributed by atoms with van der Waals surface area (Å²) in [5.41, 5.74) is 2.61. The van der Waals surface area contributed by atoms with Gasteiger partial charge in [0.25, 0.3) is 5.56 Å². The van der Waals surface area contributed by atoms with E-state index in [4.69, 9.17) is 5.11 Å². The van der Waals surface area contributed by atoms with Gasteiger partial charge in [0.05, 0.1) is 5.56 Å². The Morgan fingerprint density at radius 2 is 1.57 bits per heavy atom. The van der Waals surface area contributed by atoms with E-state index in [1.54, 1.807) is 37.4 Å². The Kier molecular flexibility index (Phi) is 8.82. The maximum atomic E-state index is 13.1. The molecule has 2 aromatic carbocycles. The van der Waals surface area contributed by atoms with Gasteiger partial charge in [-0.3, -0.25) is 9.36 Å². The highest BCUT2D eigenvalue weighted by atomic mass is 19.1. The highest BCUT2D eigenvalue weighted by molar-refractivity contribution is 5.88. The Morgan fingerprint density at radius 1 is 0.964 bits per heavy atom. The molecule has 28 heavy (non-hydrogen) atoms. The van der Waals surface area contributed by atoms with Crippen molar-refractivity contribution in [2.24, 2.45) is 0 Å². The van der Waals surface area contributed by atoms with Gasteiger partial charge in [0.2, 0.25) is 0 Å². The van der Waals surface area contributed by atoms with Crippen LogP contribution >= 0.6 is 0 Å².